The van der Waals surface area contributed by atoms with Crippen molar-refractivity contribution < 1.29 is 4.74 Å². The SMILES string of the molecule is CCO[C@@H](C)c1nc(Cn2ncccc2=O)cs1. The first-order valence-electron chi connectivity index (χ1n) is 5.78. The van der Waals surface area contributed by atoms with Gasteiger partial charge >= 0.3 is 0 Å². The van der Waals surface area contributed by atoms with Gasteiger partial charge in [-0.1, -0.05) is 0 Å². The fourth-order valence-corrected chi connectivity index (χ4v) is 2.38. The molecule has 2 aromatic heterocycles. The predicted molar refractivity (Wildman–Crippen MR) is 69.8 cm³/mol. The molecule has 6 heteroatoms. The lowest BCUT2D eigenvalue weighted by molar-refractivity contribution is 0.0761. The van der Waals surface area contributed by atoms with Crippen molar-refractivity contribution in [2.45, 2.75) is 26.5 Å². The van der Waals surface area contributed by atoms with Gasteiger partial charge in [0.1, 0.15) is 11.1 Å². The van der Waals surface area contributed by atoms with Crippen LogP contribution in [0.2, 0.25) is 0 Å². The number of hydrogen-bond donors (Lipinski definition) is 0. The Balaban J connectivity index is 2.12. The fourth-order valence-electron chi connectivity index (χ4n) is 1.56. The van der Waals surface area contributed by atoms with E-state index in [-0.39, 0.29) is 11.7 Å². The summed E-state index contributed by atoms with van der Waals surface area (Å²) in [6, 6.07) is 3.12. The molecule has 0 saturated heterocycles. The van der Waals surface area contributed by atoms with Gasteiger partial charge in [-0.2, -0.15) is 5.10 Å². The second-order valence-corrected chi connectivity index (χ2v) is 4.68. The zero-order valence-electron chi connectivity index (χ0n) is 10.4. The van der Waals surface area contributed by atoms with Gasteiger partial charge in [-0.05, 0) is 19.9 Å². The van der Waals surface area contributed by atoms with Crippen LogP contribution in [0.25, 0.3) is 0 Å². The maximum absolute atomic E-state index is 11.5. The zero-order chi connectivity index (χ0) is 13.0. The van der Waals surface area contributed by atoms with E-state index >= 15 is 0 Å². The van der Waals surface area contributed by atoms with Crippen molar-refractivity contribution in [1.29, 1.82) is 0 Å². The molecule has 5 nitrogen and oxygen atoms in total. The lowest BCUT2D eigenvalue weighted by atomic mass is 10.4. The monoisotopic (exact) mass is 265 g/mol. The molecule has 0 aliphatic rings. The van der Waals surface area contributed by atoms with E-state index in [0.717, 1.165) is 10.7 Å². The minimum Gasteiger partial charge on any atom is -0.372 e. The van der Waals surface area contributed by atoms with Crippen LogP contribution < -0.4 is 5.56 Å². The van der Waals surface area contributed by atoms with E-state index in [1.54, 1.807) is 23.6 Å². The van der Waals surface area contributed by atoms with Crippen LogP contribution in [0.4, 0.5) is 0 Å². The molecule has 18 heavy (non-hydrogen) atoms. The van der Waals surface area contributed by atoms with Crippen molar-refractivity contribution in [3.05, 3.63) is 44.8 Å². The molecule has 0 spiro atoms. The lowest BCUT2D eigenvalue weighted by Crippen LogP contribution is -2.21. The molecule has 96 valence electrons. The number of ether oxygens (including phenoxy) is 1. The Hall–Kier alpha value is -1.53. The summed E-state index contributed by atoms with van der Waals surface area (Å²) < 4.78 is 6.87. The molecule has 0 unspecified atom stereocenters. The summed E-state index contributed by atoms with van der Waals surface area (Å²) in [7, 11) is 0. The summed E-state index contributed by atoms with van der Waals surface area (Å²) in [4.78, 5) is 16.0. The molecule has 2 rings (SSSR count). The zero-order valence-corrected chi connectivity index (χ0v) is 11.2. The maximum Gasteiger partial charge on any atom is 0.267 e. The van der Waals surface area contributed by atoms with Crippen LogP contribution in [0.15, 0.2) is 28.5 Å². The number of hydrogen-bond acceptors (Lipinski definition) is 5. The molecule has 2 heterocycles. The van der Waals surface area contributed by atoms with Gasteiger partial charge in [0.15, 0.2) is 0 Å². The Morgan fingerprint density at radius 3 is 3.11 bits per heavy atom. The minimum atomic E-state index is -0.120. The van der Waals surface area contributed by atoms with E-state index in [4.69, 9.17) is 4.74 Å². The predicted octanol–water partition coefficient (Wildman–Crippen LogP) is 1.85. The van der Waals surface area contributed by atoms with E-state index in [2.05, 4.69) is 10.1 Å². The minimum absolute atomic E-state index is 0.00537. The molecular formula is C12H15N3O2S. The van der Waals surface area contributed by atoms with Crippen molar-refractivity contribution in [2.75, 3.05) is 6.61 Å². The summed E-state index contributed by atoms with van der Waals surface area (Å²) in [5.41, 5.74) is 0.715. The number of rotatable bonds is 5. The van der Waals surface area contributed by atoms with E-state index in [1.165, 1.54) is 10.7 Å². The second kappa shape index (κ2) is 5.88. The average Bonchev–Trinajstić information content (AvgIpc) is 2.81. The van der Waals surface area contributed by atoms with Gasteiger partial charge in [-0.3, -0.25) is 4.79 Å². The summed E-state index contributed by atoms with van der Waals surface area (Å²) in [5, 5.41) is 6.86. The molecule has 0 radical (unpaired) electrons. The van der Waals surface area contributed by atoms with E-state index in [0.29, 0.717) is 13.2 Å². The Kier molecular flexibility index (Phi) is 4.22. The van der Waals surface area contributed by atoms with Gasteiger partial charge in [0.25, 0.3) is 5.56 Å². The smallest absolute Gasteiger partial charge is 0.267 e. The molecule has 0 bridgehead atoms. The molecular weight excluding hydrogens is 250 g/mol. The van der Waals surface area contributed by atoms with Gasteiger partial charge < -0.3 is 4.74 Å². The summed E-state index contributed by atoms with van der Waals surface area (Å²) >= 11 is 1.54. The first-order valence-corrected chi connectivity index (χ1v) is 6.66. The standard InChI is InChI=1S/C12H15N3O2S/c1-3-17-9(2)12-14-10(8-18-12)7-15-11(16)5-4-6-13-15/h4-6,8-9H,3,7H2,1-2H3/t9-/m0/s1. The number of nitrogens with zero attached hydrogens (tertiary/aromatic N) is 3. The average molecular weight is 265 g/mol. The van der Waals surface area contributed by atoms with Crippen LogP contribution in [0, 0.1) is 0 Å². The molecule has 0 N–H and O–H groups in total. The maximum atomic E-state index is 11.5. The highest BCUT2D eigenvalue weighted by Gasteiger charge is 2.10. The Labute approximate surface area is 109 Å². The first kappa shape index (κ1) is 12.9. The molecule has 2 aromatic rings. The Morgan fingerprint density at radius 1 is 1.56 bits per heavy atom. The number of thiazole rings is 1. The first-order chi connectivity index (χ1) is 8.70. The van der Waals surface area contributed by atoms with Gasteiger partial charge in [0.05, 0.1) is 12.2 Å². The van der Waals surface area contributed by atoms with Crippen molar-refractivity contribution in [1.82, 2.24) is 14.8 Å². The van der Waals surface area contributed by atoms with Crippen molar-refractivity contribution >= 4 is 11.3 Å². The molecule has 0 aliphatic carbocycles. The third kappa shape index (κ3) is 3.02. The van der Waals surface area contributed by atoms with Gasteiger partial charge in [-0.25, -0.2) is 9.67 Å². The molecule has 0 amide bonds. The van der Waals surface area contributed by atoms with Gasteiger partial charge in [-0.15, -0.1) is 11.3 Å². The van der Waals surface area contributed by atoms with Crippen molar-refractivity contribution in [3.63, 3.8) is 0 Å². The normalized spacial score (nSPS) is 12.6. The lowest BCUT2D eigenvalue weighted by Gasteiger charge is -2.07. The van der Waals surface area contributed by atoms with Crippen LogP contribution >= 0.6 is 11.3 Å². The molecule has 0 aliphatic heterocycles. The second-order valence-electron chi connectivity index (χ2n) is 3.79. The molecule has 1 atom stereocenters. The molecule has 0 fully saturated rings. The molecule has 0 aromatic carbocycles. The molecule has 0 saturated carbocycles. The van der Waals surface area contributed by atoms with Crippen LogP contribution in [0.5, 0.6) is 0 Å². The van der Waals surface area contributed by atoms with Crippen molar-refractivity contribution in [3.8, 4) is 0 Å². The van der Waals surface area contributed by atoms with Crippen LogP contribution in [0.3, 0.4) is 0 Å². The highest BCUT2D eigenvalue weighted by atomic mass is 32.1. The third-order valence-corrected chi connectivity index (χ3v) is 3.49. The van der Waals surface area contributed by atoms with Crippen LogP contribution in [-0.4, -0.2) is 21.4 Å². The van der Waals surface area contributed by atoms with Crippen LogP contribution in [-0.2, 0) is 11.3 Å². The van der Waals surface area contributed by atoms with Gasteiger partial charge in [0.2, 0.25) is 0 Å². The highest BCUT2D eigenvalue weighted by Crippen LogP contribution is 2.21. The van der Waals surface area contributed by atoms with Crippen molar-refractivity contribution in [2.24, 2.45) is 0 Å². The van der Waals surface area contributed by atoms with Gasteiger partial charge in [0, 0.05) is 24.3 Å². The Morgan fingerprint density at radius 2 is 2.39 bits per heavy atom. The van der Waals surface area contributed by atoms with E-state index in [9.17, 15) is 4.79 Å². The van der Waals surface area contributed by atoms with E-state index in [1.807, 2.05) is 19.2 Å². The quantitative estimate of drug-likeness (QED) is 0.827. The third-order valence-electron chi connectivity index (χ3n) is 2.43. The topological polar surface area (TPSA) is 57.0 Å². The summed E-state index contributed by atoms with van der Waals surface area (Å²) in [5.74, 6) is 0. The summed E-state index contributed by atoms with van der Waals surface area (Å²) in [6.07, 6.45) is 1.59. The van der Waals surface area contributed by atoms with E-state index < -0.39 is 0 Å². The fraction of sp³-hybridized carbons (Fsp3) is 0.417. The van der Waals surface area contributed by atoms with Crippen LogP contribution in [0.1, 0.15) is 30.7 Å². The number of aromatic nitrogens is 3. The summed E-state index contributed by atoms with van der Waals surface area (Å²) in [6.45, 7) is 4.99. The largest absolute Gasteiger partial charge is 0.372 e. The highest BCUT2D eigenvalue weighted by molar-refractivity contribution is 7.09. The Bertz CT molecular complexity index is 564.